The lowest BCUT2D eigenvalue weighted by Crippen LogP contribution is -2.42. The van der Waals surface area contributed by atoms with E-state index < -0.39 is 5.60 Å². The average Bonchev–Trinajstić information content (AvgIpc) is 2.25. The summed E-state index contributed by atoms with van der Waals surface area (Å²) in [5.41, 5.74) is 0.0963. The third-order valence-electron chi connectivity index (χ3n) is 2.43. The standard InChI is InChI=1S/C13H20ClNO2/c1-4-15-8-13(3,16)9-17-12-6-5-11(14)7-10(12)2/h5-7,15-16H,4,8-9H2,1-3H3. The van der Waals surface area contributed by atoms with Crippen molar-refractivity contribution >= 4 is 11.6 Å². The van der Waals surface area contributed by atoms with E-state index in [0.717, 1.165) is 17.9 Å². The second-order valence-corrected chi connectivity index (χ2v) is 4.91. The number of nitrogens with one attached hydrogen (secondary N) is 1. The van der Waals surface area contributed by atoms with Gasteiger partial charge in [0.15, 0.2) is 0 Å². The molecule has 0 spiro atoms. The molecule has 0 fully saturated rings. The fraction of sp³-hybridized carbons (Fsp3) is 0.538. The first-order valence-electron chi connectivity index (χ1n) is 5.76. The van der Waals surface area contributed by atoms with Crippen LogP contribution in [0, 0.1) is 6.92 Å². The molecule has 0 bridgehead atoms. The van der Waals surface area contributed by atoms with Crippen molar-refractivity contribution in [2.75, 3.05) is 19.7 Å². The van der Waals surface area contributed by atoms with Gasteiger partial charge in [0, 0.05) is 11.6 Å². The van der Waals surface area contributed by atoms with Gasteiger partial charge in [0.2, 0.25) is 0 Å². The van der Waals surface area contributed by atoms with Crippen LogP contribution in [0.25, 0.3) is 0 Å². The van der Waals surface area contributed by atoms with E-state index in [9.17, 15) is 5.11 Å². The van der Waals surface area contributed by atoms with Crippen LogP contribution in [-0.4, -0.2) is 30.4 Å². The molecule has 0 amide bonds. The van der Waals surface area contributed by atoms with Crippen LogP contribution >= 0.6 is 11.6 Å². The number of aryl methyl sites for hydroxylation is 1. The molecule has 0 saturated heterocycles. The summed E-state index contributed by atoms with van der Waals surface area (Å²) in [6, 6.07) is 5.44. The Labute approximate surface area is 108 Å². The highest BCUT2D eigenvalue weighted by molar-refractivity contribution is 6.30. The Bertz CT molecular complexity index is 366. The molecule has 17 heavy (non-hydrogen) atoms. The van der Waals surface area contributed by atoms with Gasteiger partial charge >= 0.3 is 0 Å². The highest BCUT2D eigenvalue weighted by Gasteiger charge is 2.20. The van der Waals surface area contributed by atoms with Gasteiger partial charge in [-0.25, -0.2) is 0 Å². The Morgan fingerprint density at radius 3 is 2.76 bits per heavy atom. The van der Waals surface area contributed by atoms with Crippen molar-refractivity contribution in [3.63, 3.8) is 0 Å². The number of rotatable bonds is 6. The molecule has 2 N–H and O–H groups in total. The molecule has 0 heterocycles. The van der Waals surface area contributed by atoms with E-state index in [1.165, 1.54) is 0 Å². The third-order valence-corrected chi connectivity index (χ3v) is 2.67. The molecule has 1 atom stereocenters. The molecule has 3 nitrogen and oxygen atoms in total. The quantitative estimate of drug-likeness (QED) is 0.822. The molecule has 1 aromatic rings. The van der Waals surface area contributed by atoms with Crippen LogP contribution in [0.2, 0.25) is 5.02 Å². The Balaban J connectivity index is 2.54. The Kier molecular flexibility index (Phi) is 5.25. The number of aliphatic hydroxyl groups is 1. The molecular weight excluding hydrogens is 238 g/mol. The minimum atomic E-state index is -0.873. The van der Waals surface area contributed by atoms with E-state index in [1.807, 2.05) is 26.0 Å². The van der Waals surface area contributed by atoms with E-state index in [1.54, 1.807) is 13.0 Å². The lowest BCUT2D eigenvalue weighted by Gasteiger charge is -2.24. The Morgan fingerprint density at radius 1 is 1.47 bits per heavy atom. The van der Waals surface area contributed by atoms with E-state index >= 15 is 0 Å². The van der Waals surface area contributed by atoms with Crippen molar-refractivity contribution in [1.29, 1.82) is 0 Å². The summed E-state index contributed by atoms with van der Waals surface area (Å²) in [4.78, 5) is 0. The van der Waals surface area contributed by atoms with E-state index in [2.05, 4.69) is 5.32 Å². The fourth-order valence-corrected chi connectivity index (χ4v) is 1.68. The molecule has 0 aliphatic rings. The molecule has 4 heteroatoms. The monoisotopic (exact) mass is 257 g/mol. The SMILES string of the molecule is CCNCC(C)(O)COc1ccc(Cl)cc1C. The molecule has 1 aromatic carbocycles. The van der Waals surface area contributed by atoms with Gasteiger partial charge in [0.25, 0.3) is 0 Å². The summed E-state index contributed by atoms with van der Waals surface area (Å²) in [5, 5.41) is 13.8. The van der Waals surface area contributed by atoms with Crippen molar-refractivity contribution in [1.82, 2.24) is 5.32 Å². The highest BCUT2D eigenvalue weighted by Crippen LogP contribution is 2.22. The third kappa shape index (κ3) is 4.94. The second kappa shape index (κ2) is 6.24. The Hall–Kier alpha value is -0.770. The summed E-state index contributed by atoms with van der Waals surface area (Å²) < 4.78 is 5.60. The summed E-state index contributed by atoms with van der Waals surface area (Å²) in [5.74, 6) is 0.756. The first-order chi connectivity index (χ1) is 7.94. The first kappa shape index (κ1) is 14.3. The topological polar surface area (TPSA) is 41.5 Å². The normalized spacial score (nSPS) is 14.4. The Morgan fingerprint density at radius 2 is 2.18 bits per heavy atom. The number of hydrogen-bond acceptors (Lipinski definition) is 3. The zero-order chi connectivity index (χ0) is 12.9. The van der Waals surface area contributed by atoms with E-state index in [0.29, 0.717) is 11.6 Å². The predicted molar refractivity (Wildman–Crippen MR) is 70.9 cm³/mol. The van der Waals surface area contributed by atoms with Gasteiger partial charge in [-0.3, -0.25) is 0 Å². The maximum atomic E-state index is 10.0. The maximum Gasteiger partial charge on any atom is 0.122 e. The second-order valence-electron chi connectivity index (χ2n) is 4.48. The summed E-state index contributed by atoms with van der Waals surface area (Å²) in [7, 11) is 0. The maximum absolute atomic E-state index is 10.0. The fourth-order valence-electron chi connectivity index (χ4n) is 1.45. The molecular formula is C13H20ClNO2. The summed E-state index contributed by atoms with van der Waals surface area (Å²) >= 11 is 5.86. The van der Waals surface area contributed by atoms with Crippen molar-refractivity contribution < 1.29 is 9.84 Å². The molecule has 0 aromatic heterocycles. The van der Waals surface area contributed by atoms with Crippen LogP contribution < -0.4 is 10.1 Å². The van der Waals surface area contributed by atoms with Gasteiger partial charge in [-0.2, -0.15) is 0 Å². The largest absolute Gasteiger partial charge is 0.490 e. The van der Waals surface area contributed by atoms with Crippen LogP contribution in [0.15, 0.2) is 18.2 Å². The smallest absolute Gasteiger partial charge is 0.122 e. The lowest BCUT2D eigenvalue weighted by molar-refractivity contribution is 0.0125. The summed E-state index contributed by atoms with van der Waals surface area (Å²) in [6.45, 7) is 7.27. The lowest BCUT2D eigenvalue weighted by atomic mass is 10.1. The van der Waals surface area contributed by atoms with Crippen molar-refractivity contribution in [3.05, 3.63) is 28.8 Å². The van der Waals surface area contributed by atoms with Gasteiger partial charge in [-0.05, 0) is 44.2 Å². The zero-order valence-corrected chi connectivity index (χ0v) is 11.3. The molecule has 1 rings (SSSR count). The van der Waals surface area contributed by atoms with Crippen LogP contribution in [0.5, 0.6) is 5.75 Å². The molecule has 0 aliphatic carbocycles. The van der Waals surface area contributed by atoms with E-state index in [-0.39, 0.29) is 6.61 Å². The minimum absolute atomic E-state index is 0.252. The minimum Gasteiger partial charge on any atom is -0.490 e. The number of benzene rings is 1. The number of hydrogen-bond donors (Lipinski definition) is 2. The number of ether oxygens (including phenoxy) is 1. The number of halogens is 1. The summed E-state index contributed by atoms with van der Waals surface area (Å²) in [6.07, 6.45) is 0. The first-order valence-corrected chi connectivity index (χ1v) is 6.14. The van der Waals surface area contributed by atoms with Gasteiger partial charge in [0.1, 0.15) is 18.0 Å². The van der Waals surface area contributed by atoms with Crippen LogP contribution in [0.4, 0.5) is 0 Å². The van der Waals surface area contributed by atoms with Gasteiger partial charge < -0.3 is 15.2 Å². The number of likely N-dealkylation sites (N-methyl/N-ethyl adjacent to an activating group) is 1. The van der Waals surface area contributed by atoms with Gasteiger partial charge in [0.05, 0.1) is 0 Å². The highest BCUT2D eigenvalue weighted by atomic mass is 35.5. The average molecular weight is 258 g/mol. The van der Waals surface area contributed by atoms with Crippen LogP contribution in [-0.2, 0) is 0 Å². The molecule has 0 saturated carbocycles. The van der Waals surface area contributed by atoms with E-state index in [4.69, 9.17) is 16.3 Å². The van der Waals surface area contributed by atoms with Crippen molar-refractivity contribution in [2.45, 2.75) is 26.4 Å². The zero-order valence-electron chi connectivity index (χ0n) is 10.6. The van der Waals surface area contributed by atoms with Gasteiger partial charge in [-0.1, -0.05) is 18.5 Å². The molecule has 1 unspecified atom stereocenters. The molecule has 0 radical (unpaired) electrons. The van der Waals surface area contributed by atoms with Crippen LogP contribution in [0.3, 0.4) is 0 Å². The van der Waals surface area contributed by atoms with Crippen LogP contribution in [0.1, 0.15) is 19.4 Å². The van der Waals surface area contributed by atoms with Crippen molar-refractivity contribution in [3.8, 4) is 5.75 Å². The van der Waals surface area contributed by atoms with Crippen molar-refractivity contribution in [2.24, 2.45) is 0 Å². The molecule has 96 valence electrons. The molecule has 0 aliphatic heterocycles. The van der Waals surface area contributed by atoms with Gasteiger partial charge in [-0.15, -0.1) is 0 Å². The predicted octanol–water partition coefficient (Wildman–Crippen LogP) is 2.39.